The fourth-order valence-electron chi connectivity index (χ4n) is 2.18. The molecule has 0 unspecified atom stereocenters. The molecule has 1 aliphatic rings. The highest BCUT2D eigenvalue weighted by Gasteiger charge is 2.27. The summed E-state index contributed by atoms with van der Waals surface area (Å²) >= 11 is 0. The average molecular weight is 258 g/mol. The van der Waals surface area contributed by atoms with Crippen LogP contribution in [0.2, 0.25) is 0 Å². The van der Waals surface area contributed by atoms with Crippen LogP contribution in [-0.4, -0.2) is 37.3 Å². The number of hydrogen-bond acceptors (Lipinski definition) is 4. The summed E-state index contributed by atoms with van der Waals surface area (Å²) in [5.74, 6) is 0. The Morgan fingerprint density at radius 3 is 2.65 bits per heavy atom. The Morgan fingerprint density at radius 1 is 1.47 bits per heavy atom. The fourth-order valence-corrected chi connectivity index (χ4v) is 3.89. The molecule has 1 fully saturated rings. The number of nitrogens with zero attached hydrogens (tertiary/aromatic N) is 2. The first-order chi connectivity index (χ1) is 7.92. The summed E-state index contributed by atoms with van der Waals surface area (Å²) in [6.45, 7) is 5.03. The quantitative estimate of drug-likeness (QED) is 0.779. The second-order valence-corrected chi connectivity index (χ2v) is 6.09. The third-order valence-electron chi connectivity index (χ3n) is 3.09. The standard InChI is InChI=1S/C10H18N4O2S/c1-7-10(8(2)14(3)12-7)17(15,16)13-9-4-5-11-6-9/h9,11,13H,4-6H2,1-3H3/t9-/m1/s1. The minimum Gasteiger partial charge on any atom is -0.315 e. The van der Waals surface area contributed by atoms with Gasteiger partial charge in [0.15, 0.2) is 0 Å². The molecule has 7 heteroatoms. The highest BCUT2D eigenvalue weighted by molar-refractivity contribution is 7.89. The summed E-state index contributed by atoms with van der Waals surface area (Å²) in [6, 6.07) is -0.0148. The Morgan fingerprint density at radius 2 is 2.18 bits per heavy atom. The molecular weight excluding hydrogens is 240 g/mol. The molecule has 1 atom stereocenters. The van der Waals surface area contributed by atoms with Crippen LogP contribution in [-0.2, 0) is 17.1 Å². The van der Waals surface area contributed by atoms with Crippen LogP contribution in [0, 0.1) is 13.8 Å². The molecule has 2 heterocycles. The molecule has 1 saturated heterocycles. The van der Waals surface area contributed by atoms with Gasteiger partial charge >= 0.3 is 0 Å². The van der Waals surface area contributed by atoms with Gasteiger partial charge in [0.1, 0.15) is 4.90 Å². The molecule has 0 aliphatic carbocycles. The second-order valence-electron chi connectivity index (χ2n) is 4.43. The van der Waals surface area contributed by atoms with E-state index in [9.17, 15) is 8.42 Å². The van der Waals surface area contributed by atoms with E-state index in [1.54, 1.807) is 25.6 Å². The Balaban J connectivity index is 2.30. The monoisotopic (exact) mass is 258 g/mol. The molecule has 0 amide bonds. The van der Waals surface area contributed by atoms with Crippen molar-refractivity contribution in [3.05, 3.63) is 11.4 Å². The van der Waals surface area contributed by atoms with Gasteiger partial charge in [-0.1, -0.05) is 0 Å². The predicted octanol–water partition coefficient (Wildman–Crippen LogP) is -0.323. The predicted molar refractivity (Wildman–Crippen MR) is 64.3 cm³/mol. The molecule has 0 saturated carbocycles. The smallest absolute Gasteiger partial charge is 0.244 e. The summed E-state index contributed by atoms with van der Waals surface area (Å²) in [5.41, 5.74) is 1.21. The molecule has 6 nitrogen and oxygen atoms in total. The van der Waals surface area contributed by atoms with Gasteiger partial charge in [-0.2, -0.15) is 5.10 Å². The fraction of sp³-hybridized carbons (Fsp3) is 0.700. The highest BCUT2D eigenvalue weighted by atomic mass is 32.2. The van der Waals surface area contributed by atoms with Crippen LogP contribution in [0.15, 0.2) is 4.90 Å². The van der Waals surface area contributed by atoms with E-state index in [1.807, 2.05) is 0 Å². The van der Waals surface area contributed by atoms with E-state index in [0.717, 1.165) is 13.0 Å². The lowest BCUT2D eigenvalue weighted by atomic mass is 10.3. The van der Waals surface area contributed by atoms with E-state index >= 15 is 0 Å². The van der Waals surface area contributed by atoms with Crippen molar-refractivity contribution < 1.29 is 8.42 Å². The lowest BCUT2D eigenvalue weighted by molar-refractivity contribution is 0.558. The van der Waals surface area contributed by atoms with Gasteiger partial charge < -0.3 is 5.32 Å². The lowest BCUT2D eigenvalue weighted by Gasteiger charge is -2.12. The second kappa shape index (κ2) is 4.40. The Hall–Kier alpha value is -0.920. The van der Waals surface area contributed by atoms with Gasteiger partial charge in [-0.05, 0) is 26.8 Å². The minimum absolute atomic E-state index is 0.0148. The van der Waals surface area contributed by atoms with Crippen molar-refractivity contribution in [1.29, 1.82) is 0 Å². The Bertz CT molecular complexity index is 515. The summed E-state index contributed by atoms with van der Waals surface area (Å²) in [6.07, 6.45) is 0.831. The SMILES string of the molecule is Cc1nn(C)c(C)c1S(=O)(=O)N[C@@H]1CCNC1. The maximum absolute atomic E-state index is 12.3. The van der Waals surface area contributed by atoms with E-state index < -0.39 is 10.0 Å². The molecule has 1 aromatic rings. The van der Waals surface area contributed by atoms with Crippen LogP contribution in [0.5, 0.6) is 0 Å². The molecule has 2 N–H and O–H groups in total. The van der Waals surface area contributed by atoms with E-state index in [1.165, 1.54) is 0 Å². The largest absolute Gasteiger partial charge is 0.315 e. The third kappa shape index (κ3) is 2.36. The van der Waals surface area contributed by atoms with Crippen LogP contribution in [0.4, 0.5) is 0 Å². The van der Waals surface area contributed by atoms with Gasteiger partial charge in [-0.25, -0.2) is 13.1 Å². The Labute approximate surface area is 101 Å². The van der Waals surface area contributed by atoms with Crippen molar-refractivity contribution in [3.63, 3.8) is 0 Å². The molecule has 0 radical (unpaired) electrons. The topological polar surface area (TPSA) is 76.0 Å². The zero-order chi connectivity index (χ0) is 12.6. The van der Waals surface area contributed by atoms with Crippen molar-refractivity contribution in [2.24, 2.45) is 7.05 Å². The minimum atomic E-state index is -3.46. The summed E-state index contributed by atoms with van der Waals surface area (Å²) in [5, 5.41) is 7.27. The maximum Gasteiger partial charge on any atom is 0.244 e. The van der Waals surface area contributed by atoms with Crippen molar-refractivity contribution in [2.75, 3.05) is 13.1 Å². The summed E-state index contributed by atoms with van der Waals surface area (Å²) in [7, 11) is -1.71. The van der Waals surface area contributed by atoms with Crippen LogP contribution >= 0.6 is 0 Å². The van der Waals surface area contributed by atoms with Crippen molar-refractivity contribution in [3.8, 4) is 0 Å². The zero-order valence-electron chi connectivity index (χ0n) is 10.3. The molecule has 0 aromatic carbocycles. The lowest BCUT2D eigenvalue weighted by Crippen LogP contribution is -2.36. The normalized spacial score (nSPS) is 21.0. The zero-order valence-corrected chi connectivity index (χ0v) is 11.1. The van der Waals surface area contributed by atoms with Gasteiger partial charge in [0.2, 0.25) is 10.0 Å². The number of rotatable bonds is 3. The van der Waals surface area contributed by atoms with Gasteiger partial charge in [0.05, 0.1) is 11.4 Å². The number of aryl methyl sites for hydroxylation is 2. The number of nitrogens with one attached hydrogen (secondary N) is 2. The van der Waals surface area contributed by atoms with E-state index in [0.29, 0.717) is 22.8 Å². The highest BCUT2D eigenvalue weighted by Crippen LogP contribution is 2.19. The number of sulfonamides is 1. The molecular formula is C10H18N4O2S. The van der Waals surface area contributed by atoms with Gasteiger partial charge in [-0.15, -0.1) is 0 Å². The molecule has 0 spiro atoms. The van der Waals surface area contributed by atoms with Crippen LogP contribution in [0.25, 0.3) is 0 Å². The molecule has 2 rings (SSSR count). The van der Waals surface area contributed by atoms with E-state index in [2.05, 4.69) is 15.1 Å². The first kappa shape index (κ1) is 12.5. The molecule has 17 heavy (non-hydrogen) atoms. The van der Waals surface area contributed by atoms with Crippen LogP contribution in [0.1, 0.15) is 17.8 Å². The summed E-state index contributed by atoms with van der Waals surface area (Å²) in [4.78, 5) is 0.312. The van der Waals surface area contributed by atoms with Crippen molar-refractivity contribution in [1.82, 2.24) is 19.8 Å². The van der Waals surface area contributed by atoms with Crippen molar-refractivity contribution in [2.45, 2.75) is 31.2 Å². The number of hydrogen-bond donors (Lipinski definition) is 2. The molecule has 96 valence electrons. The van der Waals surface area contributed by atoms with Crippen molar-refractivity contribution >= 4 is 10.0 Å². The Kier molecular flexibility index (Phi) is 3.24. The molecule has 1 aromatic heterocycles. The van der Waals surface area contributed by atoms with Gasteiger partial charge in [0.25, 0.3) is 0 Å². The third-order valence-corrected chi connectivity index (χ3v) is 4.87. The molecule has 1 aliphatic heterocycles. The van der Waals surface area contributed by atoms with Gasteiger partial charge in [0, 0.05) is 19.6 Å². The van der Waals surface area contributed by atoms with E-state index in [4.69, 9.17) is 0 Å². The van der Waals surface area contributed by atoms with Crippen LogP contribution < -0.4 is 10.0 Å². The van der Waals surface area contributed by atoms with E-state index in [-0.39, 0.29) is 6.04 Å². The van der Waals surface area contributed by atoms with Gasteiger partial charge in [-0.3, -0.25) is 4.68 Å². The first-order valence-electron chi connectivity index (χ1n) is 5.65. The van der Waals surface area contributed by atoms with Crippen LogP contribution in [0.3, 0.4) is 0 Å². The molecule has 0 bridgehead atoms. The summed E-state index contributed by atoms with van der Waals surface area (Å²) < 4.78 is 28.8. The number of aromatic nitrogens is 2. The average Bonchev–Trinajstić information content (AvgIpc) is 2.76. The maximum atomic E-state index is 12.3. The first-order valence-corrected chi connectivity index (χ1v) is 7.13.